The van der Waals surface area contributed by atoms with Gasteiger partial charge in [-0.1, -0.05) is 5.16 Å². The summed E-state index contributed by atoms with van der Waals surface area (Å²) in [5.74, 6) is 1.19. The lowest BCUT2D eigenvalue weighted by atomic mass is 10.0. The van der Waals surface area contributed by atoms with E-state index in [0.29, 0.717) is 24.7 Å². The molecular weight excluding hydrogens is 222 g/mol. The molecule has 0 bridgehead atoms. The van der Waals surface area contributed by atoms with E-state index in [9.17, 15) is 0 Å². The third-order valence-corrected chi connectivity index (χ3v) is 2.92. The van der Waals surface area contributed by atoms with Crippen LogP contribution in [0.1, 0.15) is 25.6 Å². The molecule has 1 N–H and O–H groups in total. The number of hydrogen-bond acceptors (Lipinski definition) is 6. The first-order chi connectivity index (χ1) is 8.11. The normalized spacial score (nSPS) is 19.9. The summed E-state index contributed by atoms with van der Waals surface area (Å²) in [5.41, 5.74) is -0.0888. The van der Waals surface area contributed by atoms with Crippen molar-refractivity contribution in [3.05, 3.63) is 11.7 Å². The number of hydrogen-bond donors (Lipinski definition) is 1. The summed E-state index contributed by atoms with van der Waals surface area (Å²) in [6.07, 6.45) is 0.744. The van der Waals surface area contributed by atoms with E-state index in [1.165, 1.54) is 0 Å². The molecule has 2 rings (SSSR count). The Morgan fingerprint density at radius 2 is 2.29 bits per heavy atom. The minimum atomic E-state index is -0.0888. The van der Waals surface area contributed by atoms with Crippen molar-refractivity contribution in [2.75, 3.05) is 20.2 Å². The minimum Gasteiger partial charge on any atom is -0.381 e. The largest absolute Gasteiger partial charge is 0.381 e. The van der Waals surface area contributed by atoms with Gasteiger partial charge in [0.25, 0.3) is 5.89 Å². The monoisotopic (exact) mass is 241 g/mol. The molecule has 1 unspecified atom stereocenters. The molecular formula is C11H19N3O3. The summed E-state index contributed by atoms with van der Waals surface area (Å²) in [4.78, 5) is 4.26. The van der Waals surface area contributed by atoms with E-state index in [-0.39, 0.29) is 11.7 Å². The number of ether oxygens (including phenoxy) is 2. The van der Waals surface area contributed by atoms with Crippen LogP contribution in [0.25, 0.3) is 0 Å². The Bertz CT molecular complexity index is 363. The molecule has 1 aliphatic rings. The molecule has 0 radical (unpaired) electrons. The number of nitrogens with one attached hydrogen (secondary N) is 1. The first-order valence-electron chi connectivity index (χ1n) is 5.80. The van der Waals surface area contributed by atoms with E-state index in [0.717, 1.165) is 13.1 Å². The van der Waals surface area contributed by atoms with Crippen LogP contribution in [-0.4, -0.2) is 42.0 Å². The van der Waals surface area contributed by atoms with Gasteiger partial charge in [0.2, 0.25) is 0 Å². The fraction of sp³-hybridized carbons (Fsp3) is 0.818. The highest BCUT2D eigenvalue weighted by molar-refractivity contribution is 4.92. The van der Waals surface area contributed by atoms with Gasteiger partial charge in [-0.15, -0.1) is 0 Å². The molecule has 6 heteroatoms. The Hall–Kier alpha value is -0.980. The molecule has 1 aromatic rings. The highest BCUT2D eigenvalue weighted by Crippen LogP contribution is 2.17. The van der Waals surface area contributed by atoms with Gasteiger partial charge < -0.3 is 19.3 Å². The van der Waals surface area contributed by atoms with Gasteiger partial charge >= 0.3 is 0 Å². The summed E-state index contributed by atoms with van der Waals surface area (Å²) >= 11 is 0. The predicted molar refractivity (Wildman–Crippen MR) is 60.5 cm³/mol. The first-order valence-corrected chi connectivity index (χ1v) is 5.80. The Morgan fingerprint density at radius 1 is 1.53 bits per heavy atom. The van der Waals surface area contributed by atoms with Crippen LogP contribution in [0.5, 0.6) is 0 Å². The van der Waals surface area contributed by atoms with Crippen LogP contribution in [0, 0.1) is 0 Å². The molecule has 6 nitrogen and oxygen atoms in total. The second kappa shape index (κ2) is 5.12. The quantitative estimate of drug-likeness (QED) is 0.783. The highest BCUT2D eigenvalue weighted by Gasteiger charge is 2.32. The lowest BCUT2D eigenvalue weighted by Crippen LogP contribution is -2.58. The summed E-state index contributed by atoms with van der Waals surface area (Å²) in [5, 5.41) is 7.06. The molecule has 2 heterocycles. The SMILES string of the molecule is COC(C)Cc1noc(COC2(C)CNC2)n1. The summed E-state index contributed by atoms with van der Waals surface area (Å²) in [6, 6.07) is 0. The van der Waals surface area contributed by atoms with Crippen molar-refractivity contribution in [3.63, 3.8) is 0 Å². The van der Waals surface area contributed by atoms with Crippen LogP contribution < -0.4 is 5.32 Å². The third-order valence-electron chi connectivity index (χ3n) is 2.92. The zero-order chi connectivity index (χ0) is 12.3. The molecule has 0 spiro atoms. The molecule has 1 aromatic heterocycles. The van der Waals surface area contributed by atoms with E-state index in [2.05, 4.69) is 22.4 Å². The first kappa shape index (κ1) is 12.5. The lowest BCUT2D eigenvalue weighted by Gasteiger charge is -2.38. The van der Waals surface area contributed by atoms with Crippen LogP contribution >= 0.6 is 0 Å². The Labute approximate surface area is 101 Å². The van der Waals surface area contributed by atoms with E-state index in [4.69, 9.17) is 14.0 Å². The van der Waals surface area contributed by atoms with Gasteiger partial charge in [0.05, 0.1) is 11.7 Å². The maximum atomic E-state index is 5.71. The third kappa shape index (κ3) is 3.24. The maximum absolute atomic E-state index is 5.71. The van der Waals surface area contributed by atoms with Gasteiger partial charge in [-0.2, -0.15) is 4.98 Å². The number of nitrogens with zero attached hydrogens (tertiary/aromatic N) is 2. The molecule has 96 valence electrons. The molecule has 0 aromatic carbocycles. The van der Waals surface area contributed by atoms with Crippen molar-refractivity contribution < 1.29 is 14.0 Å². The Morgan fingerprint density at radius 3 is 2.88 bits per heavy atom. The topological polar surface area (TPSA) is 69.4 Å². The Kier molecular flexibility index (Phi) is 3.76. The smallest absolute Gasteiger partial charge is 0.252 e. The number of rotatable bonds is 6. The summed E-state index contributed by atoms with van der Waals surface area (Å²) < 4.78 is 16.0. The standard InChI is InChI=1S/C11H19N3O3/c1-8(15-3)4-9-13-10(17-14-9)5-16-11(2)6-12-7-11/h8,12H,4-7H2,1-3H3. The van der Waals surface area contributed by atoms with Gasteiger partial charge in [0, 0.05) is 26.6 Å². The summed E-state index contributed by atoms with van der Waals surface area (Å²) in [6.45, 7) is 6.14. The molecule has 1 fully saturated rings. The van der Waals surface area contributed by atoms with Crippen LogP contribution in [0.15, 0.2) is 4.52 Å². The van der Waals surface area contributed by atoms with Gasteiger partial charge in [-0.25, -0.2) is 0 Å². The average Bonchev–Trinajstić information content (AvgIpc) is 2.71. The van der Waals surface area contributed by atoms with Gasteiger partial charge in [-0.05, 0) is 13.8 Å². The van der Waals surface area contributed by atoms with Crippen molar-refractivity contribution in [2.45, 2.75) is 38.6 Å². The van der Waals surface area contributed by atoms with Crippen molar-refractivity contribution in [3.8, 4) is 0 Å². The van der Waals surface area contributed by atoms with E-state index in [1.54, 1.807) is 7.11 Å². The van der Waals surface area contributed by atoms with Gasteiger partial charge in [0.15, 0.2) is 5.82 Å². The zero-order valence-electron chi connectivity index (χ0n) is 10.5. The maximum Gasteiger partial charge on any atom is 0.252 e. The molecule has 1 aliphatic heterocycles. The fourth-order valence-corrected chi connectivity index (χ4v) is 1.59. The number of methoxy groups -OCH3 is 1. The highest BCUT2D eigenvalue weighted by atomic mass is 16.5. The molecule has 1 atom stereocenters. The second-order valence-corrected chi connectivity index (χ2v) is 4.70. The van der Waals surface area contributed by atoms with Crippen molar-refractivity contribution in [2.24, 2.45) is 0 Å². The van der Waals surface area contributed by atoms with Crippen LogP contribution in [0.4, 0.5) is 0 Å². The lowest BCUT2D eigenvalue weighted by molar-refractivity contribution is -0.0841. The van der Waals surface area contributed by atoms with Gasteiger partial charge in [-0.3, -0.25) is 0 Å². The van der Waals surface area contributed by atoms with Crippen molar-refractivity contribution in [1.82, 2.24) is 15.5 Å². The van der Waals surface area contributed by atoms with E-state index < -0.39 is 0 Å². The summed E-state index contributed by atoms with van der Waals surface area (Å²) in [7, 11) is 1.67. The average molecular weight is 241 g/mol. The second-order valence-electron chi connectivity index (χ2n) is 4.70. The van der Waals surface area contributed by atoms with Gasteiger partial charge in [0.1, 0.15) is 6.61 Å². The zero-order valence-corrected chi connectivity index (χ0v) is 10.5. The van der Waals surface area contributed by atoms with Crippen LogP contribution in [0.2, 0.25) is 0 Å². The fourth-order valence-electron chi connectivity index (χ4n) is 1.59. The van der Waals surface area contributed by atoms with Crippen molar-refractivity contribution in [1.29, 1.82) is 0 Å². The molecule has 0 aliphatic carbocycles. The number of aromatic nitrogens is 2. The van der Waals surface area contributed by atoms with Crippen LogP contribution in [0.3, 0.4) is 0 Å². The van der Waals surface area contributed by atoms with Crippen molar-refractivity contribution >= 4 is 0 Å². The molecule has 0 saturated carbocycles. The predicted octanol–water partition coefficient (Wildman–Crippen LogP) is 0.525. The Balaban J connectivity index is 1.81. The van der Waals surface area contributed by atoms with Crippen LogP contribution in [-0.2, 0) is 22.5 Å². The molecule has 1 saturated heterocycles. The molecule has 17 heavy (non-hydrogen) atoms. The van der Waals surface area contributed by atoms with E-state index in [1.807, 2.05) is 6.92 Å². The molecule has 0 amide bonds. The minimum absolute atomic E-state index is 0.0888. The van der Waals surface area contributed by atoms with E-state index >= 15 is 0 Å².